The Balaban J connectivity index is 2.60. The molecule has 1 rings (SSSR count). The summed E-state index contributed by atoms with van der Waals surface area (Å²) in [4.78, 5) is 14.6. The Kier molecular flexibility index (Phi) is 1.42. The van der Waals surface area contributed by atoms with Crippen LogP contribution in [0.1, 0.15) is 19.8 Å². The molecule has 1 unspecified atom stereocenters. The average molecular weight is 111 g/mol. The van der Waals surface area contributed by atoms with E-state index in [0.29, 0.717) is 6.42 Å². The van der Waals surface area contributed by atoms with Crippen LogP contribution in [-0.2, 0) is 4.79 Å². The molecular weight excluding hydrogens is 102 g/mol. The Bertz CT molecular complexity index is 128. The van der Waals surface area contributed by atoms with Crippen molar-refractivity contribution in [2.75, 3.05) is 0 Å². The molecule has 2 heteroatoms. The van der Waals surface area contributed by atoms with Crippen molar-refractivity contribution in [3.63, 3.8) is 0 Å². The molecule has 8 heavy (non-hydrogen) atoms. The van der Waals surface area contributed by atoms with E-state index >= 15 is 0 Å². The molecule has 1 heterocycles. The predicted octanol–water partition coefficient (Wildman–Crippen LogP) is 0.809. The predicted molar refractivity (Wildman–Crippen MR) is 32.2 cm³/mol. The van der Waals surface area contributed by atoms with Gasteiger partial charge in [-0.1, -0.05) is 0 Å². The largest absolute Gasteiger partial charge is 0.297 e. The summed E-state index contributed by atoms with van der Waals surface area (Å²) in [6.45, 7) is 1.83. The number of rotatable bonds is 0. The Labute approximate surface area is 48.6 Å². The fourth-order valence-corrected chi connectivity index (χ4v) is 0.731. The molecule has 0 bridgehead atoms. The van der Waals surface area contributed by atoms with Crippen molar-refractivity contribution < 1.29 is 4.79 Å². The van der Waals surface area contributed by atoms with Gasteiger partial charge in [-0.2, -0.15) is 0 Å². The fourth-order valence-electron chi connectivity index (χ4n) is 0.731. The van der Waals surface area contributed by atoms with Crippen LogP contribution in [0.4, 0.5) is 0 Å². The van der Waals surface area contributed by atoms with Crippen LogP contribution in [0.25, 0.3) is 0 Å². The molecule has 44 valence electrons. The molecule has 1 atom stereocenters. The monoisotopic (exact) mass is 111 g/mol. The van der Waals surface area contributed by atoms with Gasteiger partial charge in [0.15, 0.2) is 5.78 Å². The van der Waals surface area contributed by atoms with Crippen LogP contribution >= 0.6 is 0 Å². The molecule has 0 aromatic heterocycles. The first-order chi connectivity index (χ1) is 3.80. The summed E-state index contributed by atoms with van der Waals surface area (Å²) in [5, 5.41) is 0. The lowest BCUT2D eigenvalue weighted by Crippen LogP contribution is -2.18. The van der Waals surface area contributed by atoms with E-state index in [9.17, 15) is 4.79 Å². The summed E-state index contributed by atoms with van der Waals surface area (Å²) in [5.74, 6) is 0.271. The molecule has 0 fully saturated rings. The lowest BCUT2D eigenvalue weighted by Gasteiger charge is -2.07. The second-order valence-electron chi connectivity index (χ2n) is 2.01. The lowest BCUT2D eigenvalue weighted by molar-refractivity contribution is -0.119. The highest BCUT2D eigenvalue weighted by molar-refractivity contribution is 5.89. The van der Waals surface area contributed by atoms with Gasteiger partial charge in [-0.05, 0) is 19.6 Å². The van der Waals surface area contributed by atoms with Gasteiger partial charge in [0.25, 0.3) is 0 Å². The fraction of sp³-hybridized carbons (Fsp3) is 0.667. The molecule has 0 N–H and O–H groups in total. The molecule has 0 aromatic carbocycles. The Morgan fingerprint density at radius 2 is 2.62 bits per heavy atom. The van der Waals surface area contributed by atoms with Crippen molar-refractivity contribution in [3.8, 4) is 0 Å². The van der Waals surface area contributed by atoms with Gasteiger partial charge in [-0.15, -0.1) is 0 Å². The van der Waals surface area contributed by atoms with Crippen LogP contribution in [0.5, 0.6) is 0 Å². The van der Waals surface area contributed by atoms with E-state index in [4.69, 9.17) is 0 Å². The first kappa shape index (κ1) is 5.48. The van der Waals surface area contributed by atoms with E-state index < -0.39 is 0 Å². The summed E-state index contributed by atoms with van der Waals surface area (Å²) in [7, 11) is 0. The van der Waals surface area contributed by atoms with Crippen LogP contribution in [0.2, 0.25) is 0 Å². The highest BCUT2D eigenvalue weighted by atomic mass is 16.1. The number of hydrogen-bond acceptors (Lipinski definition) is 2. The van der Waals surface area contributed by atoms with Gasteiger partial charge in [0.2, 0.25) is 0 Å². The summed E-state index contributed by atoms with van der Waals surface area (Å²) in [6, 6.07) is -0.0660. The standard InChI is InChI=1S/C6H9NO/c1-5-6(8)3-2-4-7-5/h4-5H,2-3H2,1H3. The minimum atomic E-state index is -0.0660. The molecule has 0 saturated carbocycles. The van der Waals surface area contributed by atoms with E-state index in [0.717, 1.165) is 6.42 Å². The van der Waals surface area contributed by atoms with Crippen LogP contribution in [0.3, 0.4) is 0 Å². The number of carbonyl (C=O) groups excluding carboxylic acids is 1. The summed E-state index contributed by atoms with van der Waals surface area (Å²) in [5.41, 5.74) is 0. The Morgan fingerprint density at radius 3 is 3.00 bits per heavy atom. The Morgan fingerprint density at radius 1 is 1.88 bits per heavy atom. The maximum Gasteiger partial charge on any atom is 0.157 e. The highest BCUT2D eigenvalue weighted by Gasteiger charge is 2.12. The van der Waals surface area contributed by atoms with Crippen LogP contribution < -0.4 is 0 Å². The Hall–Kier alpha value is -0.660. The first-order valence-corrected chi connectivity index (χ1v) is 2.85. The van der Waals surface area contributed by atoms with Crippen molar-refractivity contribution >= 4 is 12.0 Å². The van der Waals surface area contributed by atoms with Gasteiger partial charge in [-0.25, -0.2) is 0 Å². The van der Waals surface area contributed by atoms with Gasteiger partial charge in [0.1, 0.15) is 6.04 Å². The van der Waals surface area contributed by atoms with Crippen molar-refractivity contribution in [1.82, 2.24) is 0 Å². The first-order valence-electron chi connectivity index (χ1n) is 2.85. The van der Waals surface area contributed by atoms with Gasteiger partial charge in [0.05, 0.1) is 0 Å². The SMILES string of the molecule is CC1N=CCCC1=O. The smallest absolute Gasteiger partial charge is 0.157 e. The van der Waals surface area contributed by atoms with E-state index in [-0.39, 0.29) is 11.8 Å². The molecule has 0 aromatic rings. The molecule has 0 radical (unpaired) electrons. The second-order valence-corrected chi connectivity index (χ2v) is 2.01. The number of Topliss-reactive ketones (excluding diaryl/α,β-unsaturated/α-hetero) is 1. The molecule has 1 aliphatic heterocycles. The number of hydrogen-bond donors (Lipinski definition) is 0. The van der Waals surface area contributed by atoms with Crippen LogP contribution in [-0.4, -0.2) is 18.0 Å². The molecule has 2 nitrogen and oxygen atoms in total. The number of nitrogens with zero attached hydrogens (tertiary/aromatic N) is 1. The quantitative estimate of drug-likeness (QED) is 0.454. The van der Waals surface area contributed by atoms with E-state index in [1.54, 1.807) is 0 Å². The molecule has 0 amide bonds. The molecule has 0 saturated heterocycles. The summed E-state index contributed by atoms with van der Waals surface area (Å²) < 4.78 is 0. The lowest BCUT2D eigenvalue weighted by atomic mass is 10.1. The zero-order chi connectivity index (χ0) is 5.98. The van der Waals surface area contributed by atoms with Crippen LogP contribution in [0, 0.1) is 0 Å². The van der Waals surface area contributed by atoms with Crippen molar-refractivity contribution in [2.45, 2.75) is 25.8 Å². The molecular formula is C6H9NO. The molecule has 0 spiro atoms. The second kappa shape index (κ2) is 2.07. The zero-order valence-electron chi connectivity index (χ0n) is 4.92. The summed E-state index contributed by atoms with van der Waals surface area (Å²) >= 11 is 0. The minimum absolute atomic E-state index is 0.0660. The highest BCUT2D eigenvalue weighted by Crippen LogP contribution is 2.03. The molecule has 0 aliphatic carbocycles. The normalized spacial score (nSPS) is 28.6. The number of ketones is 1. The third kappa shape index (κ3) is 0.941. The third-order valence-electron chi connectivity index (χ3n) is 1.31. The van der Waals surface area contributed by atoms with Gasteiger partial charge >= 0.3 is 0 Å². The average Bonchev–Trinajstić information content (AvgIpc) is 1.77. The third-order valence-corrected chi connectivity index (χ3v) is 1.31. The van der Waals surface area contributed by atoms with Crippen LogP contribution in [0.15, 0.2) is 4.99 Å². The maximum absolute atomic E-state index is 10.7. The zero-order valence-corrected chi connectivity index (χ0v) is 4.92. The van der Waals surface area contributed by atoms with Gasteiger partial charge in [0, 0.05) is 6.42 Å². The van der Waals surface area contributed by atoms with Crippen molar-refractivity contribution in [1.29, 1.82) is 0 Å². The number of aliphatic imine (C=N–C) groups is 1. The van der Waals surface area contributed by atoms with Gasteiger partial charge < -0.3 is 0 Å². The van der Waals surface area contributed by atoms with Gasteiger partial charge in [-0.3, -0.25) is 9.79 Å². The molecule has 1 aliphatic rings. The van der Waals surface area contributed by atoms with Crippen molar-refractivity contribution in [2.24, 2.45) is 4.99 Å². The number of carbonyl (C=O) groups is 1. The van der Waals surface area contributed by atoms with E-state index in [1.165, 1.54) is 0 Å². The maximum atomic E-state index is 10.7. The van der Waals surface area contributed by atoms with E-state index in [1.807, 2.05) is 13.1 Å². The minimum Gasteiger partial charge on any atom is -0.297 e. The summed E-state index contributed by atoms with van der Waals surface area (Å²) in [6.07, 6.45) is 3.35. The topological polar surface area (TPSA) is 29.4 Å². The van der Waals surface area contributed by atoms with Crippen molar-refractivity contribution in [3.05, 3.63) is 0 Å². The van der Waals surface area contributed by atoms with E-state index in [2.05, 4.69) is 4.99 Å².